The van der Waals surface area contributed by atoms with Crippen molar-refractivity contribution in [3.05, 3.63) is 42.4 Å². The zero-order valence-electron chi connectivity index (χ0n) is 13.9. The predicted octanol–water partition coefficient (Wildman–Crippen LogP) is 4.13. The molecular weight excluding hydrogens is 272 g/mol. The lowest BCUT2D eigenvalue weighted by Crippen LogP contribution is -2.34. The van der Waals surface area contributed by atoms with Crippen LogP contribution in [-0.4, -0.2) is 20.8 Å². The largest absolute Gasteiger partial charge is 0.392 e. The molecule has 1 N–H and O–H groups in total. The highest BCUT2D eigenvalue weighted by molar-refractivity contribution is 5.69. The third-order valence-electron chi connectivity index (χ3n) is 4.79. The lowest BCUT2D eigenvalue weighted by molar-refractivity contribution is 0.0364. The van der Waals surface area contributed by atoms with Gasteiger partial charge in [-0.25, -0.2) is 4.98 Å². The zero-order chi connectivity index (χ0) is 15.9. The molecule has 0 bridgehead atoms. The van der Waals surface area contributed by atoms with Gasteiger partial charge in [0.15, 0.2) is 0 Å². The average molecular weight is 298 g/mol. The first-order valence-electron chi connectivity index (χ1n) is 8.30. The third kappa shape index (κ3) is 2.48. The normalized spacial score (nSPS) is 19.3. The van der Waals surface area contributed by atoms with Gasteiger partial charge in [-0.2, -0.15) is 0 Å². The van der Waals surface area contributed by atoms with Crippen molar-refractivity contribution in [2.24, 2.45) is 17.8 Å². The number of rotatable bonds is 5. The molecule has 0 spiro atoms. The van der Waals surface area contributed by atoms with Gasteiger partial charge in [0.25, 0.3) is 0 Å². The molecule has 2 heterocycles. The molecule has 0 aliphatic carbocycles. The maximum absolute atomic E-state index is 10.9. The molecule has 1 aromatic carbocycles. The fraction of sp³-hybridized carbons (Fsp3) is 0.526. The van der Waals surface area contributed by atoms with Gasteiger partial charge in [-0.15, -0.1) is 0 Å². The van der Waals surface area contributed by atoms with Crippen LogP contribution in [-0.2, 0) is 0 Å². The molecule has 1 unspecified atom stereocenters. The monoisotopic (exact) mass is 298 g/mol. The molecule has 0 saturated carbocycles. The molecule has 0 radical (unpaired) electrons. The van der Waals surface area contributed by atoms with Gasteiger partial charge < -0.3 is 9.67 Å². The van der Waals surface area contributed by atoms with Crippen LogP contribution in [0.15, 0.2) is 36.8 Å². The maximum atomic E-state index is 10.9. The molecule has 0 saturated heterocycles. The van der Waals surface area contributed by atoms with Crippen molar-refractivity contribution in [1.82, 2.24) is 9.55 Å². The summed E-state index contributed by atoms with van der Waals surface area (Å²) in [4.78, 5) is 4.34. The number of aliphatic hydroxyl groups excluding tert-OH is 1. The smallest absolute Gasteiger partial charge is 0.0956 e. The van der Waals surface area contributed by atoms with Crippen LogP contribution in [0.3, 0.4) is 0 Å². The number of aromatic nitrogens is 2. The quantitative estimate of drug-likeness (QED) is 0.901. The van der Waals surface area contributed by atoms with E-state index in [0.717, 1.165) is 6.42 Å². The Morgan fingerprint density at radius 2 is 1.91 bits per heavy atom. The first-order chi connectivity index (χ1) is 10.5. The van der Waals surface area contributed by atoms with E-state index in [2.05, 4.69) is 61.5 Å². The van der Waals surface area contributed by atoms with Crippen LogP contribution < -0.4 is 0 Å². The summed E-state index contributed by atoms with van der Waals surface area (Å²) in [5.74, 6) is 1.01. The second kappa shape index (κ2) is 5.88. The van der Waals surface area contributed by atoms with Crippen molar-refractivity contribution in [1.29, 1.82) is 0 Å². The number of benzene rings is 1. The number of hydrogen-bond donors (Lipinski definition) is 1. The highest BCUT2D eigenvalue weighted by Gasteiger charge is 2.38. The number of hydrogen-bond acceptors (Lipinski definition) is 2. The van der Waals surface area contributed by atoms with Gasteiger partial charge in [0.05, 0.1) is 30.4 Å². The van der Waals surface area contributed by atoms with E-state index in [1.54, 1.807) is 0 Å². The molecule has 3 nitrogen and oxygen atoms in total. The summed E-state index contributed by atoms with van der Waals surface area (Å²) < 4.78 is 2.25. The summed E-state index contributed by atoms with van der Waals surface area (Å²) in [5, 5.41) is 10.9. The van der Waals surface area contributed by atoms with E-state index >= 15 is 0 Å². The second-order valence-electron chi connectivity index (χ2n) is 7.25. The predicted molar refractivity (Wildman–Crippen MR) is 89.6 cm³/mol. The molecule has 1 aliphatic heterocycles. The molecule has 0 amide bonds. The summed E-state index contributed by atoms with van der Waals surface area (Å²) in [6, 6.07) is 8.73. The van der Waals surface area contributed by atoms with Crippen LogP contribution in [0.25, 0.3) is 11.3 Å². The molecule has 2 aromatic rings. The maximum Gasteiger partial charge on any atom is 0.0956 e. The topological polar surface area (TPSA) is 38.1 Å². The highest BCUT2D eigenvalue weighted by Crippen LogP contribution is 2.46. The third-order valence-corrected chi connectivity index (χ3v) is 4.79. The van der Waals surface area contributed by atoms with Crippen LogP contribution >= 0.6 is 0 Å². The lowest BCUT2D eigenvalue weighted by atomic mass is 9.79. The van der Waals surface area contributed by atoms with Gasteiger partial charge in [0.2, 0.25) is 0 Å². The van der Waals surface area contributed by atoms with E-state index in [0.29, 0.717) is 5.92 Å². The molecule has 3 atom stereocenters. The molecule has 0 fully saturated rings. The fourth-order valence-corrected chi connectivity index (χ4v) is 3.80. The van der Waals surface area contributed by atoms with E-state index in [1.807, 2.05) is 12.5 Å². The highest BCUT2D eigenvalue weighted by atomic mass is 16.3. The van der Waals surface area contributed by atoms with Crippen LogP contribution in [0, 0.1) is 17.8 Å². The van der Waals surface area contributed by atoms with Gasteiger partial charge in [-0.3, -0.25) is 0 Å². The number of imidazole rings is 1. The van der Waals surface area contributed by atoms with Crippen molar-refractivity contribution in [3.8, 4) is 11.3 Å². The van der Waals surface area contributed by atoms with Crippen molar-refractivity contribution >= 4 is 0 Å². The Hall–Kier alpha value is -1.61. The first-order valence-corrected chi connectivity index (χ1v) is 8.30. The van der Waals surface area contributed by atoms with Crippen molar-refractivity contribution in [2.45, 2.75) is 46.3 Å². The molecule has 3 heteroatoms. The minimum absolute atomic E-state index is 0.188. The Balaban J connectivity index is 2.08. The van der Waals surface area contributed by atoms with Crippen molar-refractivity contribution in [3.63, 3.8) is 0 Å². The summed E-state index contributed by atoms with van der Waals surface area (Å²) in [7, 11) is 0. The summed E-state index contributed by atoms with van der Waals surface area (Å²) in [5.41, 5.74) is 3.75. The molecule has 3 rings (SSSR count). The lowest BCUT2D eigenvalue weighted by Gasteiger charge is -2.33. The van der Waals surface area contributed by atoms with E-state index in [9.17, 15) is 5.11 Å². The molecular formula is C19H26N2O. The van der Waals surface area contributed by atoms with Gasteiger partial charge in [-0.1, -0.05) is 52.0 Å². The van der Waals surface area contributed by atoms with Crippen molar-refractivity contribution in [2.75, 3.05) is 0 Å². The molecule has 1 aliphatic rings. The van der Waals surface area contributed by atoms with Gasteiger partial charge in [0, 0.05) is 11.5 Å². The van der Waals surface area contributed by atoms with Crippen LogP contribution in [0.4, 0.5) is 0 Å². The van der Waals surface area contributed by atoms with Gasteiger partial charge in [0.1, 0.15) is 0 Å². The van der Waals surface area contributed by atoms with Gasteiger partial charge >= 0.3 is 0 Å². The second-order valence-corrected chi connectivity index (χ2v) is 7.25. The molecule has 118 valence electrons. The standard InChI is InChI=1S/C19H26N2O/c1-12(2)9-16(19(22)13(3)4)18-15-8-6-5-7-14(15)17-10-20-11-21(17)18/h5-8,10-13,16,18-19,22H,9H2,1-4H3/t16-,18+,19?/m1/s1. The number of nitrogens with zero attached hydrogens (tertiary/aromatic N) is 2. The Kier molecular flexibility index (Phi) is 4.09. The number of aliphatic hydroxyl groups is 1. The fourth-order valence-electron chi connectivity index (χ4n) is 3.80. The van der Waals surface area contributed by atoms with E-state index in [-0.39, 0.29) is 24.0 Å². The summed E-state index contributed by atoms with van der Waals surface area (Å²) in [6.45, 7) is 8.67. The molecule has 1 aromatic heterocycles. The summed E-state index contributed by atoms with van der Waals surface area (Å²) >= 11 is 0. The van der Waals surface area contributed by atoms with Crippen LogP contribution in [0.1, 0.15) is 45.7 Å². The Bertz CT molecular complexity index is 644. The number of fused-ring (bicyclic) bond motifs is 3. The minimum Gasteiger partial charge on any atom is -0.392 e. The van der Waals surface area contributed by atoms with E-state index < -0.39 is 0 Å². The Labute approximate surface area is 133 Å². The minimum atomic E-state index is -0.311. The Morgan fingerprint density at radius 3 is 2.59 bits per heavy atom. The van der Waals surface area contributed by atoms with Crippen molar-refractivity contribution < 1.29 is 5.11 Å². The SMILES string of the molecule is CC(C)C[C@@H](C(O)C(C)C)[C@@H]1c2ccccc2-c2cncn21. The summed E-state index contributed by atoms with van der Waals surface area (Å²) in [6.07, 6.45) is 4.55. The first kappa shape index (κ1) is 15.3. The molecule has 22 heavy (non-hydrogen) atoms. The Morgan fingerprint density at radius 1 is 1.18 bits per heavy atom. The zero-order valence-corrected chi connectivity index (χ0v) is 13.9. The average Bonchev–Trinajstić information content (AvgIpc) is 3.04. The van der Waals surface area contributed by atoms with E-state index in [4.69, 9.17) is 0 Å². The van der Waals surface area contributed by atoms with Gasteiger partial charge in [-0.05, 0) is 23.8 Å². The van der Waals surface area contributed by atoms with Crippen LogP contribution in [0.2, 0.25) is 0 Å². The van der Waals surface area contributed by atoms with Crippen LogP contribution in [0.5, 0.6) is 0 Å². The van der Waals surface area contributed by atoms with E-state index in [1.165, 1.54) is 16.8 Å².